The molecular formula is C14H12O4. The van der Waals surface area contributed by atoms with Crippen molar-refractivity contribution in [2.24, 2.45) is 0 Å². The van der Waals surface area contributed by atoms with Crippen molar-refractivity contribution in [1.82, 2.24) is 0 Å². The van der Waals surface area contributed by atoms with Gasteiger partial charge < -0.3 is 13.9 Å². The Morgan fingerprint density at radius 1 is 1.06 bits per heavy atom. The molecule has 92 valence electrons. The Labute approximate surface area is 104 Å². The molecular weight excluding hydrogens is 232 g/mol. The Bertz CT molecular complexity index is 571. The first kappa shape index (κ1) is 10.9. The SMILES string of the molecule is O=Cc1occc1-c1ccc2c(c1)OCCCO2. The number of fused-ring (bicyclic) bond motifs is 1. The molecule has 1 aliphatic rings. The van der Waals surface area contributed by atoms with Crippen molar-refractivity contribution >= 4 is 6.29 Å². The van der Waals surface area contributed by atoms with Gasteiger partial charge in [0.2, 0.25) is 0 Å². The highest BCUT2D eigenvalue weighted by atomic mass is 16.5. The molecule has 0 unspecified atom stereocenters. The number of hydrogen-bond donors (Lipinski definition) is 0. The number of aldehydes is 1. The van der Waals surface area contributed by atoms with Gasteiger partial charge in [-0.15, -0.1) is 0 Å². The molecule has 0 aliphatic carbocycles. The molecule has 1 aromatic carbocycles. The van der Waals surface area contributed by atoms with Crippen molar-refractivity contribution in [3.05, 3.63) is 36.3 Å². The van der Waals surface area contributed by atoms with E-state index in [4.69, 9.17) is 13.9 Å². The number of furan rings is 1. The predicted molar refractivity (Wildman–Crippen MR) is 65.1 cm³/mol. The van der Waals surface area contributed by atoms with Crippen LogP contribution in [0.15, 0.2) is 34.9 Å². The van der Waals surface area contributed by atoms with Crippen molar-refractivity contribution in [3.63, 3.8) is 0 Å². The van der Waals surface area contributed by atoms with Crippen LogP contribution in [-0.2, 0) is 0 Å². The molecule has 4 heteroatoms. The molecule has 0 bridgehead atoms. The monoisotopic (exact) mass is 244 g/mol. The quantitative estimate of drug-likeness (QED) is 0.762. The van der Waals surface area contributed by atoms with Gasteiger partial charge in [-0.05, 0) is 23.8 Å². The maximum absolute atomic E-state index is 10.9. The highest BCUT2D eigenvalue weighted by Crippen LogP contribution is 2.35. The molecule has 1 aliphatic heterocycles. The van der Waals surface area contributed by atoms with Gasteiger partial charge in [-0.1, -0.05) is 6.07 Å². The Balaban J connectivity index is 2.04. The van der Waals surface area contributed by atoms with E-state index in [-0.39, 0.29) is 0 Å². The lowest BCUT2D eigenvalue weighted by Gasteiger charge is -2.08. The van der Waals surface area contributed by atoms with Gasteiger partial charge in [-0.3, -0.25) is 4.79 Å². The summed E-state index contributed by atoms with van der Waals surface area (Å²) in [7, 11) is 0. The molecule has 1 aromatic heterocycles. The van der Waals surface area contributed by atoms with E-state index in [1.807, 2.05) is 18.2 Å². The summed E-state index contributed by atoms with van der Waals surface area (Å²) < 4.78 is 16.3. The number of ether oxygens (including phenoxy) is 2. The fraction of sp³-hybridized carbons (Fsp3) is 0.214. The summed E-state index contributed by atoms with van der Waals surface area (Å²) in [5.41, 5.74) is 1.65. The fourth-order valence-electron chi connectivity index (χ4n) is 1.98. The largest absolute Gasteiger partial charge is 0.490 e. The van der Waals surface area contributed by atoms with E-state index in [1.165, 1.54) is 6.26 Å². The molecule has 3 rings (SSSR count). The van der Waals surface area contributed by atoms with Crippen LogP contribution < -0.4 is 9.47 Å². The summed E-state index contributed by atoms with van der Waals surface area (Å²) in [5, 5.41) is 0. The second kappa shape index (κ2) is 4.56. The summed E-state index contributed by atoms with van der Waals surface area (Å²) in [6.45, 7) is 1.31. The molecule has 0 fully saturated rings. The average molecular weight is 244 g/mol. The minimum Gasteiger partial charge on any atom is -0.490 e. The Hall–Kier alpha value is -2.23. The van der Waals surface area contributed by atoms with Gasteiger partial charge in [-0.25, -0.2) is 0 Å². The third-order valence-electron chi connectivity index (χ3n) is 2.86. The van der Waals surface area contributed by atoms with Gasteiger partial charge in [0.05, 0.1) is 19.5 Å². The molecule has 4 nitrogen and oxygen atoms in total. The van der Waals surface area contributed by atoms with Crippen LogP contribution in [0, 0.1) is 0 Å². The van der Waals surface area contributed by atoms with E-state index in [0.29, 0.717) is 31.0 Å². The third-order valence-corrected chi connectivity index (χ3v) is 2.86. The first-order valence-electron chi connectivity index (χ1n) is 5.81. The fourth-order valence-corrected chi connectivity index (χ4v) is 1.98. The maximum atomic E-state index is 10.9. The zero-order valence-corrected chi connectivity index (χ0v) is 9.72. The zero-order chi connectivity index (χ0) is 12.4. The van der Waals surface area contributed by atoms with E-state index in [1.54, 1.807) is 6.07 Å². The highest BCUT2D eigenvalue weighted by molar-refractivity contribution is 5.84. The van der Waals surface area contributed by atoms with Crippen molar-refractivity contribution in [2.45, 2.75) is 6.42 Å². The average Bonchev–Trinajstić information content (AvgIpc) is 2.76. The van der Waals surface area contributed by atoms with Crippen LogP contribution in [0.3, 0.4) is 0 Å². The van der Waals surface area contributed by atoms with Crippen LogP contribution in [0.2, 0.25) is 0 Å². The Morgan fingerprint density at radius 2 is 1.89 bits per heavy atom. The molecule has 0 N–H and O–H groups in total. The number of carbonyl (C=O) groups is 1. The van der Waals surface area contributed by atoms with Gasteiger partial charge in [-0.2, -0.15) is 0 Å². The number of benzene rings is 1. The first-order valence-corrected chi connectivity index (χ1v) is 5.81. The first-order chi connectivity index (χ1) is 8.88. The van der Waals surface area contributed by atoms with Crippen LogP contribution in [0.4, 0.5) is 0 Å². The second-order valence-electron chi connectivity index (χ2n) is 4.03. The van der Waals surface area contributed by atoms with E-state index in [0.717, 1.165) is 23.3 Å². The summed E-state index contributed by atoms with van der Waals surface area (Å²) in [5.74, 6) is 1.78. The molecule has 2 heterocycles. The van der Waals surface area contributed by atoms with Crippen molar-refractivity contribution in [2.75, 3.05) is 13.2 Å². The van der Waals surface area contributed by atoms with Gasteiger partial charge in [0.25, 0.3) is 0 Å². The highest BCUT2D eigenvalue weighted by Gasteiger charge is 2.14. The lowest BCUT2D eigenvalue weighted by atomic mass is 10.1. The predicted octanol–water partition coefficient (Wildman–Crippen LogP) is 2.92. The molecule has 0 radical (unpaired) electrons. The lowest BCUT2D eigenvalue weighted by molar-refractivity contribution is 0.110. The smallest absolute Gasteiger partial charge is 0.185 e. The van der Waals surface area contributed by atoms with Crippen LogP contribution >= 0.6 is 0 Å². The van der Waals surface area contributed by atoms with Crippen LogP contribution in [-0.4, -0.2) is 19.5 Å². The van der Waals surface area contributed by atoms with Crippen LogP contribution in [0.5, 0.6) is 11.5 Å². The topological polar surface area (TPSA) is 48.7 Å². The van der Waals surface area contributed by atoms with Crippen molar-refractivity contribution < 1.29 is 18.7 Å². The summed E-state index contributed by atoms with van der Waals surface area (Å²) in [6.07, 6.45) is 3.08. The third kappa shape index (κ3) is 1.86. The summed E-state index contributed by atoms with van der Waals surface area (Å²) in [6, 6.07) is 7.39. The molecule has 0 saturated carbocycles. The van der Waals surface area contributed by atoms with E-state index in [9.17, 15) is 4.79 Å². The molecule has 0 amide bonds. The number of carbonyl (C=O) groups excluding carboxylic acids is 1. The van der Waals surface area contributed by atoms with E-state index < -0.39 is 0 Å². The number of rotatable bonds is 2. The molecule has 0 atom stereocenters. The normalized spacial score (nSPS) is 14.0. The van der Waals surface area contributed by atoms with Gasteiger partial charge in [0.1, 0.15) is 0 Å². The molecule has 0 saturated heterocycles. The molecule has 2 aromatic rings. The van der Waals surface area contributed by atoms with E-state index >= 15 is 0 Å². The van der Waals surface area contributed by atoms with Crippen molar-refractivity contribution in [3.8, 4) is 22.6 Å². The van der Waals surface area contributed by atoms with Crippen LogP contribution in [0.25, 0.3) is 11.1 Å². The van der Waals surface area contributed by atoms with Gasteiger partial charge >= 0.3 is 0 Å². The lowest BCUT2D eigenvalue weighted by Crippen LogP contribution is -1.97. The maximum Gasteiger partial charge on any atom is 0.185 e. The number of hydrogen-bond acceptors (Lipinski definition) is 4. The molecule has 0 spiro atoms. The summed E-state index contributed by atoms with van der Waals surface area (Å²) in [4.78, 5) is 10.9. The molecule has 18 heavy (non-hydrogen) atoms. The Morgan fingerprint density at radius 3 is 2.72 bits per heavy atom. The van der Waals surface area contributed by atoms with Gasteiger partial charge in [0, 0.05) is 12.0 Å². The van der Waals surface area contributed by atoms with Gasteiger partial charge in [0.15, 0.2) is 23.5 Å². The standard InChI is InChI=1S/C14H12O4/c15-9-14-11(4-7-18-14)10-2-3-12-13(8-10)17-6-1-5-16-12/h2-4,7-9H,1,5-6H2. The summed E-state index contributed by atoms with van der Waals surface area (Å²) >= 11 is 0. The Kier molecular flexibility index (Phi) is 2.76. The minimum absolute atomic E-state index is 0.324. The second-order valence-corrected chi connectivity index (χ2v) is 4.03. The zero-order valence-electron chi connectivity index (χ0n) is 9.72. The van der Waals surface area contributed by atoms with Crippen LogP contribution in [0.1, 0.15) is 17.0 Å². The van der Waals surface area contributed by atoms with Crippen molar-refractivity contribution in [1.29, 1.82) is 0 Å². The van der Waals surface area contributed by atoms with E-state index in [2.05, 4.69) is 0 Å². The minimum atomic E-state index is 0.324.